The molecular formula is C21H25N5O. The van der Waals surface area contributed by atoms with E-state index in [0.29, 0.717) is 5.92 Å². The Morgan fingerprint density at radius 3 is 3.04 bits per heavy atom. The lowest BCUT2D eigenvalue weighted by atomic mass is 9.96. The number of fused-ring (bicyclic) bond motifs is 1. The van der Waals surface area contributed by atoms with E-state index < -0.39 is 0 Å². The number of benzene rings is 1. The molecule has 1 atom stereocenters. The molecule has 6 heteroatoms. The van der Waals surface area contributed by atoms with Crippen LogP contribution in [0.4, 0.5) is 0 Å². The molecule has 0 radical (unpaired) electrons. The first kappa shape index (κ1) is 16.5. The molecule has 0 bridgehead atoms. The van der Waals surface area contributed by atoms with Crippen molar-refractivity contribution in [1.82, 2.24) is 24.4 Å². The summed E-state index contributed by atoms with van der Waals surface area (Å²) >= 11 is 0. The molecule has 1 N–H and O–H groups in total. The van der Waals surface area contributed by atoms with Crippen molar-refractivity contribution in [1.29, 1.82) is 0 Å². The minimum absolute atomic E-state index is 0.106. The summed E-state index contributed by atoms with van der Waals surface area (Å²) in [5, 5.41) is 0. The van der Waals surface area contributed by atoms with E-state index in [1.807, 2.05) is 36.2 Å². The van der Waals surface area contributed by atoms with Gasteiger partial charge in [-0.2, -0.15) is 0 Å². The van der Waals surface area contributed by atoms with Gasteiger partial charge in [-0.15, -0.1) is 0 Å². The molecule has 1 aromatic carbocycles. The van der Waals surface area contributed by atoms with E-state index in [1.165, 1.54) is 12.8 Å². The lowest BCUT2D eigenvalue weighted by Crippen LogP contribution is -2.39. The molecular weight excluding hydrogens is 338 g/mol. The highest BCUT2D eigenvalue weighted by Gasteiger charge is 2.30. The second-order valence-electron chi connectivity index (χ2n) is 8.03. The summed E-state index contributed by atoms with van der Waals surface area (Å²) in [7, 11) is 0. The van der Waals surface area contributed by atoms with E-state index >= 15 is 0 Å². The van der Waals surface area contributed by atoms with Gasteiger partial charge < -0.3 is 14.5 Å². The molecule has 2 aromatic heterocycles. The molecule has 1 aliphatic carbocycles. The van der Waals surface area contributed by atoms with Crippen molar-refractivity contribution in [3.05, 3.63) is 47.8 Å². The van der Waals surface area contributed by atoms with E-state index in [9.17, 15) is 4.79 Å². The predicted molar refractivity (Wildman–Crippen MR) is 104 cm³/mol. The molecule has 3 aromatic rings. The van der Waals surface area contributed by atoms with Crippen molar-refractivity contribution in [3.8, 4) is 0 Å². The number of likely N-dealkylation sites (tertiary alicyclic amines) is 1. The van der Waals surface area contributed by atoms with Gasteiger partial charge in [-0.05, 0) is 56.7 Å². The van der Waals surface area contributed by atoms with Gasteiger partial charge in [0.25, 0.3) is 5.91 Å². The van der Waals surface area contributed by atoms with Gasteiger partial charge in [0.2, 0.25) is 0 Å². The molecule has 2 fully saturated rings. The highest BCUT2D eigenvalue weighted by Crippen LogP contribution is 2.33. The summed E-state index contributed by atoms with van der Waals surface area (Å²) in [5.41, 5.74) is 2.56. The SMILES string of the molecule is Cc1nc2ccc(C(=O)N3CCC[C@H](c4nccn4CC4CC4)C3)cc2[nH]1. The third kappa shape index (κ3) is 3.24. The van der Waals surface area contributed by atoms with Gasteiger partial charge in [-0.3, -0.25) is 4.79 Å². The fraction of sp³-hybridized carbons (Fsp3) is 0.476. The number of rotatable bonds is 4. The molecule has 0 unspecified atom stereocenters. The molecule has 3 heterocycles. The maximum atomic E-state index is 13.1. The molecule has 1 aliphatic heterocycles. The molecule has 1 saturated heterocycles. The maximum Gasteiger partial charge on any atom is 0.253 e. The number of aryl methyl sites for hydroxylation is 1. The van der Waals surface area contributed by atoms with Crippen LogP contribution in [-0.2, 0) is 6.54 Å². The van der Waals surface area contributed by atoms with Crippen LogP contribution in [0.15, 0.2) is 30.6 Å². The highest BCUT2D eigenvalue weighted by atomic mass is 16.2. The Labute approximate surface area is 158 Å². The first-order valence-corrected chi connectivity index (χ1v) is 9.94. The number of H-pyrrole nitrogens is 1. The van der Waals surface area contributed by atoms with Crippen LogP contribution in [0.5, 0.6) is 0 Å². The predicted octanol–water partition coefficient (Wildman–Crippen LogP) is 3.50. The lowest BCUT2D eigenvalue weighted by molar-refractivity contribution is 0.0703. The van der Waals surface area contributed by atoms with Crippen LogP contribution in [-0.4, -0.2) is 43.4 Å². The van der Waals surface area contributed by atoms with Crippen LogP contribution in [0.25, 0.3) is 11.0 Å². The second-order valence-corrected chi connectivity index (χ2v) is 8.03. The number of hydrogen-bond acceptors (Lipinski definition) is 3. The molecule has 1 amide bonds. The van der Waals surface area contributed by atoms with Crippen molar-refractivity contribution in [3.63, 3.8) is 0 Å². The third-order valence-corrected chi connectivity index (χ3v) is 5.82. The smallest absolute Gasteiger partial charge is 0.253 e. The van der Waals surface area contributed by atoms with E-state index in [0.717, 1.165) is 66.6 Å². The Kier molecular flexibility index (Phi) is 3.99. The lowest BCUT2D eigenvalue weighted by Gasteiger charge is -2.32. The summed E-state index contributed by atoms with van der Waals surface area (Å²) in [5.74, 6) is 3.28. The van der Waals surface area contributed by atoms with Gasteiger partial charge >= 0.3 is 0 Å². The van der Waals surface area contributed by atoms with Gasteiger partial charge in [-0.1, -0.05) is 0 Å². The van der Waals surface area contributed by atoms with E-state index in [-0.39, 0.29) is 5.91 Å². The fourth-order valence-electron chi connectivity index (χ4n) is 4.24. The molecule has 6 nitrogen and oxygen atoms in total. The Morgan fingerprint density at radius 1 is 1.30 bits per heavy atom. The first-order valence-electron chi connectivity index (χ1n) is 9.94. The zero-order chi connectivity index (χ0) is 18.4. The number of carbonyl (C=O) groups excluding carboxylic acids is 1. The van der Waals surface area contributed by atoms with Crippen LogP contribution >= 0.6 is 0 Å². The summed E-state index contributed by atoms with van der Waals surface area (Å²) < 4.78 is 2.32. The van der Waals surface area contributed by atoms with Crippen LogP contribution in [0.1, 0.15) is 53.6 Å². The topological polar surface area (TPSA) is 66.8 Å². The van der Waals surface area contributed by atoms with Crippen molar-refractivity contribution in [2.75, 3.05) is 13.1 Å². The molecule has 27 heavy (non-hydrogen) atoms. The van der Waals surface area contributed by atoms with E-state index in [2.05, 4.69) is 25.7 Å². The van der Waals surface area contributed by atoms with Crippen molar-refractivity contribution in [2.24, 2.45) is 5.92 Å². The number of imidazole rings is 2. The number of carbonyl (C=O) groups is 1. The number of nitrogens with zero attached hydrogens (tertiary/aromatic N) is 4. The number of hydrogen-bond donors (Lipinski definition) is 1. The van der Waals surface area contributed by atoms with Gasteiger partial charge in [0.1, 0.15) is 11.6 Å². The van der Waals surface area contributed by atoms with Gasteiger partial charge in [0.15, 0.2) is 0 Å². The minimum Gasteiger partial charge on any atom is -0.342 e. The number of aromatic nitrogens is 4. The second kappa shape index (κ2) is 6.51. The summed E-state index contributed by atoms with van der Waals surface area (Å²) in [6.07, 6.45) is 8.81. The van der Waals surface area contributed by atoms with Gasteiger partial charge in [-0.25, -0.2) is 9.97 Å². The van der Waals surface area contributed by atoms with Gasteiger partial charge in [0, 0.05) is 43.5 Å². The molecule has 2 aliphatic rings. The number of piperidine rings is 1. The minimum atomic E-state index is 0.106. The Hall–Kier alpha value is -2.63. The number of nitrogens with one attached hydrogen (secondary N) is 1. The Bertz CT molecular complexity index is 984. The highest BCUT2D eigenvalue weighted by molar-refractivity contribution is 5.97. The van der Waals surface area contributed by atoms with E-state index in [1.54, 1.807) is 0 Å². The number of aromatic amines is 1. The third-order valence-electron chi connectivity index (χ3n) is 5.82. The van der Waals surface area contributed by atoms with Crippen molar-refractivity contribution >= 4 is 16.9 Å². The summed E-state index contributed by atoms with van der Waals surface area (Å²) in [6, 6.07) is 5.74. The van der Waals surface area contributed by atoms with Crippen LogP contribution in [0.3, 0.4) is 0 Å². The average Bonchev–Trinajstić information content (AvgIpc) is 3.23. The van der Waals surface area contributed by atoms with Crippen molar-refractivity contribution < 1.29 is 4.79 Å². The Morgan fingerprint density at radius 2 is 2.19 bits per heavy atom. The standard InChI is InChI=1S/C21H25N5O/c1-14-23-18-7-6-16(11-19(18)24-14)21(27)26-9-2-3-17(13-26)20-22-8-10-25(20)12-15-4-5-15/h6-8,10-11,15,17H,2-5,9,12-13H2,1H3,(H,23,24)/t17-/m0/s1. The molecule has 140 valence electrons. The molecule has 1 saturated carbocycles. The average molecular weight is 363 g/mol. The zero-order valence-electron chi connectivity index (χ0n) is 15.7. The largest absolute Gasteiger partial charge is 0.342 e. The first-order chi connectivity index (χ1) is 13.2. The summed E-state index contributed by atoms with van der Waals surface area (Å²) in [4.78, 5) is 27.4. The molecule has 5 rings (SSSR count). The quantitative estimate of drug-likeness (QED) is 0.771. The van der Waals surface area contributed by atoms with Crippen LogP contribution in [0, 0.1) is 12.8 Å². The van der Waals surface area contributed by atoms with Crippen LogP contribution < -0.4 is 0 Å². The van der Waals surface area contributed by atoms with Crippen molar-refractivity contribution in [2.45, 2.75) is 45.1 Å². The molecule has 0 spiro atoms. The van der Waals surface area contributed by atoms with Gasteiger partial charge in [0.05, 0.1) is 11.0 Å². The monoisotopic (exact) mass is 363 g/mol. The maximum absolute atomic E-state index is 13.1. The number of amides is 1. The fourth-order valence-corrected chi connectivity index (χ4v) is 4.24. The van der Waals surface area contributed by atoms with E-state index in [4.69, 9.17) is 0 Å². The van der Waals surface area contributed by atoms with Crippen LogP contribution in [0.2, 0.25) is 0 Å². The Balaban J connectivity index is 1.35. The normalized spacial score (nSPS) is 20.3. The zero-order valence-corrected chi connectivity index (χ0v) is 15.7. The summed E-state index contributed by atoms with van der Waals surface area (Å²) in [6.45, 7) is 4.58.